The number of nitrogens with one attached hydrogen (secondary N) is 2. The third-order valence-corrected chi connectivity index (χ3v) is 3.49. The molecule has 0 aliphatic heterocycles. The van der Waals surface area contributed by atoms with Gasteiger partial charge in [0, 0.05) is 16.6 Å². The molecule has 138 valence electrons. The smallest absolute Gasteiger partial charge is 0.387 e. The fourth-order valence-electron chi connectivity index (χ4n) is 1.97. The predicted molar refractivity (Wildman–Crippen MR) is 107 cm³/mol. The Bertz CT molecular complexity index is 669. The van der Waals surface area contributed by atoms with Crippen LogP contribution in [0.2, 0.25) is 0 Å². The van der Waals surface area contributed by atoms with Crippen LogP contribution in [0.4, 0.5) is 8.78 Å². The van der Waals surface area contributed by atoms with Gasteiger partial charge in [-0.25, -0.2) is 4.99 Å². The van der Waals surface area contributed by atoms with E-state index in [1.807, 2.05) is 13.0 Å². The standard InChI is InChI=1S/C16H18BrF2N3O2.HI/c1-2-20-16(22-10-13-4-3-7-23-13)21-9-11-8-12(17)5-6-14(11)24-15(18)19;/h3-8,15H,2,9-10H2,1H3,(H2,20,21,22);1H. The molecule has 2 rings (SSSR count). The first-order valence-corrected chi connectivity index (χ1v) is 8.15. The van der Waals surface area contributed by atoms with E-state index < -0.39 is 6.61 Å². The van der Waals surface area contributed by atoms with Gasteiger partial charge in [-0.2, -0.15) is 8.78 Å². The highest BCUT2D eigenvalue weighted by Crippen LogP contribution is 2.25. The zero-order valence-electron chi connectivity index (χ0n) is 13.5. The number of ether oxygens (including phenoxy) is 1. The number of furan rings is 1. The maximum atomic E-state index is 12.5. The van der Waals surface area contributed by atoms with Gasteiger partial charge in [-0.15, -0.1) is 24.0 Å². The normalized spacial score (nSPS) is 11.2. The van der Waals surface area contributed by atoms with Crippen molar-refractivity contribution in [2.75, 3.05) is 6.54 Å². The lowest BCUT2D eigenvalue weighted by molar-refractivity contribution is -0.0504. The number of halogens is 4. The van der Waals surface area contributed by atoms with Crippen molar-refractivity contribution in [2.24, 2.45) is 4.99 Å². The Morgan fingerprint density at radius 2 is 2.12 bits per heavy atom. The molecule has 2 N–H and O–H groups in total. The second-order valence-corrected chi connectivity index (χ2v) is 5.67. The SMILES string of the molecule is CCNC(=NCc1cc(Br)ccc1OC(F)F)NCc1ccco1.I. The van der Waals surface area contributed by atoms with Gasteiger partial charge in [0.1, 0.15) is 11.5 Å². The molecule has 0 fully saturated rings. The van der Waals surface area contributed by atoms with E-state index in [-0.39, 0.29) is 36.3 Å². The minimum atomic E-state index is -2.88. The van der Waals surface area contributed by atoms with Crippen molar-refractivity contribution in [3.05, 3.63) is 52.4 Å². The van der Waals surface area contributed by atoms with Crippen LogP contribution in [0.5, 0.6) is 5.75 Å². The maximum absolute atomic E-state index is 12.5. The zero-order valence-corrected chi connectivity index (χ0v) is 17.4. The predicted octanol–water partition coefficient (Wildman–Crippen LogP) is 4.52. The van der Waals surface area contributed by atoms with Gasteiger partial charge in [-0.3, -0.25) is 0 Å². The van der Waals surface area contributed by atoms with Crippen LogP contribution in [0.1, 0.15) is 18.2 Å². The molecular formula is C16H19BrF2IN3O2. The van der Waals surface area contributed by atoms with Crippen molar-refractivity contribution in [3.8, 4) is 5.75 Å². The molecule has 9 heteroatoms. The fourth-order valence-corrected chi connectivity index (χ4v) is 2.38. The van der Waals surface area contributed by atoms with Crippen molar-refractivity contribution >= 4 is 45.9 Å². The first-order chi connectivity index (χ1) is 11.6. The summed E-state index contributed by atoms with van der Waals surface area (Å²) in [5.41, 5.74) is 0.555. The Labute approximate surface area is 170 Å². The summed E-state index contributed by atoms with van der Waals surface area (Å²) in [5, 5.41) is 6.20. The molecule has 0 saturated heterocycles. The number of hydrogen-bond acceptors (Lipinski definition) is 3. The van der Waals surface area contributed by atoms with E-state index in [2.05, 4.69) is 36.3 Å². The van der Waals surface area contributed by atoms with Crippen molar-refractivity contribution in [3.63, 3.8) is 0 Å². The fraction of sp³-hybridized carbons (Fsp3) is 0.312. The van der Waals surface area contributed by atoms with E-state index in [4.69, 9.17) is 4.42 Å². The Balaban J connectivity index is 0.00000312. The average molecular weight is 530 g/mol. The van der Waals surface area contributed by atoms with Crippen LogP contribution in [0, 0.1) is 0 Å². The summed E-state index contributed by atoms with van der Waals surface area (Å²) in [5.74, 6) is 1.43. The molecule has 0 unspecified atom stereocenters. The number of rotatable bonds is 7. The van der Waals surface area contributed by atoms with Crippen LogP contribution in [0.15, 0.2) is 50.5 Å². The van der Waals surface area contributed by atoms with Gasteiger partial charge in [0.15, 0.2) is 5.96 Å². The molecular weight excluding hydrogens is 511 g/mol. The molecule has 0 spiro atoms. The van der Waals surface area contributed by atoms with Crippen LogP contribution >= 0.6 is 39.9 Å². The van der Waals surface area contributed by atoms with E-state index in [1.165, 1.54) is 6.07 Å². The van der Waals surface area contributed by atoms with Gasteiger partial charge in [-0.1, -0.05) is 15.9 Å². The second kappa shape index (κ2) is 11.3. The lowest BCUT2D eigenvalue weighted by Crippen LogP contribution is -2.36. The topological polar surface area (TPSA) is 58.8 Å². The summed E-state index contributed by atoms with van der Waals surface area (Å²) in [6, 6.07) is 8.49. The van der Waals surface area contributed by atoms with Crippen molar-refractivity contribution < 1.29 is 17.9 Å². The molecule has 0 atom stereocenters. The highest BCUT2D eigenvalue weighted by atomic mass is 127. The molecule has 1 aromatic heterocycles. The van der Waals surface area contributed by atoms with E-state index in [0.717, 1.165) is 10.2 Å². The largest absolute Gasteiger partial charge is 0.467 e. The van der Waals surface area contributed by atoms with Crippen LogP contribution in [-0.4, -0.2) is 19.1 Å². The monoisotopic (exact) mass is 529 g/mol. The molecule has 1 heterocycles. The van der Waals surface area contributed by atoms with E-state index >= 15 is 0 Å². The Morgan fingerprint density at radius 1 is 1.32 bits per heavy atom. The lowest BCUT2D eigenvalue weighted by atomic mass is 10.2. The molecule has 0 saturated carbocycles. The molecule has 1 aromatic carbocycles. The summed E-state index contributed by atoms with van der Waals surface area (Å²) in [6.45, 7) is 0.392. The number of alkyl halides is 2. The van der Waals surface area contributed by atoms with Crippen LogP contribution in [0.25, 0.3) is 0 Å². The highest BCUT2D eigenvalue weighted by molar-refractivity contribution is 14.0. The summed E-state index contributed by atoms with van der Waals surface area (Å²) < 4.78 is 35.5. The minimum Gasteiger partial charge on any atom is -0.467 e. The van der Waals surface area contributed by atoms with Crippen molar-refractivity contribution in [1.29, 1.82) is 0 Å². The number of aliphatic imine (C=N–C) groups is 1. The van der Waals surface area contributed by atoms with Crippen LogP contribution < -0.4 is 15.4 Å². The van der Waals surface area contributed by atoms with Gasteiger partial charge < -0.3 is 19.8 Å². The van der Waals surface area contributed by atoms with Crippen LogP contribution in [-0.2, 0) is 13.1 Å². The van der Waals surface area contributed by atoms with Crippen LogP contribution in [0.3, 0.4) is 0 Å². The van der Waals surface area contributed by atoms with E-state index in [1.54, 1.807) is 24.5 Å². The second-order valence-electron chi connectivity index (χ2n) is 4.76. The summed E-state index contributed by atoms with van der Waals surface area (Å²) in [7, 11) is 0. The van der Waals surface area contributed by atoms with Gasteiger partial charge in [0.05, 0.1) is 19.4 Å². The summed E-state index contributed by atoms with van der Waals surface area (Å²) in [6.07, 6.45) is 1.59. The third kappa shape index (κ3) is 7.59. The highest BCUT2D eigenvalue weighted by Gasteiger charge is 2.10. The number of benzene rings is 1. The quantitative estimate of drug-likeness (QED) is 0.314. The Hall–Kier alpha value is -1.36. The minimum absolute atomic E-state index is 0. The lowest BCUT2D eigenvalue weighted by Gasteiger charge is -2.12. The first-order valence-electron chi connectivity index (χ1n) is 7.36. The van der Waals surface area contributed by atoms with Gasteiger partial charge >= 0.3 is 6.61 Å². The first kappa shape index (κ1) is 21.7. The van der Waals surface area contributed by atoms with Gasteiger partial charge in [0.25, 0.3) is 0 Å². The average Bonchev–Trinajstić information content (AvgIpc) is 3.05. The molecule has 5 nitrogen and oxygen atoms in total. The van der Waals surface area contributed by atoms with Gasteiger partial charge in [0.2, 0.25) is 0 Å². The number of guanidine groups is 1. The molecule has 0 aliphatic carbocycles. The van der Waals surface area contributed by atoms with E-state index in [0.29, 0.717) is 24.6 Å². The molecule has 2 aromatic rings. The van der Waals surface area contributed by atoms with Crippen molar-refractivity contribution in [2.45, 2.75) is 26.6 Å². The van der Waals surface area contributed by atoms with E-state index in [9.17, 15) is 8.78 Å². The maximum Gasteiger partial charge on any atom is 0.387 e. The molecule has 0 bridgehead atoms. The molecule has 25 heavy (non-hydrogen) atoms. The number of hydrogen-bond donors (Lipinski definition) is 2. The number of nitrogens with zero attached hydrogens (tertiary/aromatic N) is 1. The third-order valence-electron chi connectivity index (χ3n) is 3.00. The van der Waals surface area contributed by atoms with Gasteiger partial charge in [-0.05, 0) is 37.3 Å². The zero-order chi connectivity index (χ0) is 17.4. The van der Waals surface area contributed by atoms with Crippen molar-refractivity contribution in [1.82, 2.24) is 10.6 Å². The summed E-state index contributed by atoms with van der Waals surface area (Å²) in [4.78, 5) is 4.40. The Kier molecular flexibility index (Phi) is 9.79. The Morgan fingerprint density at radius 3 is 2.76 bits per heavy atom. The molecule has 0 aliphatic rings. The molecule has 0 amide bonds. The summed E-state index contributed by atoms with van der Waals surface area (Å²) >= 11 is 3.32. The molecule has 0 radical (unpaired) electrons.